The van der Waals surface area contributed by atoms with E-state index in [4.69, 9.17) is 18.9 Å². The maximum Gasteiger partial charge on any atom is 0.351 e. The summed E-state index contributed by atoms with van der Waals surface area (Å²) in [6, 6.07) is 0. The van der Waals surface area contributed by atoms with Crippen LogP contribution in [-0.2, 0) is 38.1 Å². The zero-order valence-electron chi connectivity index (χ0n) is 25.7. The number of carbonyl (C=O) groups excluding carboxylic acids is 4. The van der Waals surface area contributed by atoms with Crippen molar-refractivity contribution in [3.8, 4) is 0 Å². The topological polar surface area (TPSA) is 308 Å². The van der Waals surface area contributed by atoms with Crippen molar-refractivity contribution in [2.24, 2.45) is 28.6 Å². The summed E-state index contributed by atoms with van der Waals surface area (Å²) in [6.07, 6.45) is -21.5. The first-order valence-corrected chi connectivity index (χ1v) is 14.9. The number of aliphatic hydroxyl groups excluding tert-OH is 9. The molecule has 2 aliphatic heterocycles. The lowest BCUT2D eigenvalue weighted by molar-refractivity contribution is -0.364. The van der Waals surface area contributed by atoms with Crippen molar-refractivity contribution in [3.63, 3.8) is 0 Å². The highest BCUT2D eigenvalue weighted by atomic mass is 16.7. The summed E-state index contributed by atoms with van der Waals surface area (Å²) in [6.45, 7) is 2.41. The quantitative estimate of drug-likeness (QED) is 0.0844. The third-order valence-corrected chi connectivity index (χ3v) is 11.4. The number of carbonyl (C=O) groups is 4. The van der Waals surface area contributed by atoms with Gasteiger partial charge in [0.25, 0.3) is 0 Å². The second kappa shape index (κ2) is 11.5. The van der Waals surface area contributed by atoms with Gasteiger partial charge in [-0.25, -0.2) is 14.4 Å². The number of fused-ring (bicyclic) bond motifs is 2. The highest BCUT2D eigenvalue weighted by Crippen LogP contribution is 2.74. The molecule has 2 saturated heterocycles. The van der Waals surface area contributed by atoms with E-state index >= 15 is 0 Å². The Morgan fingerprint density at radius 3 is 2.23 bits per heavy atom. The minimum Gasteiger partial charge on any atom is -0.467 e. The summed E-state index contributed by atoms with van der Waals surface area (Å²) in [4.78, 5) is 53.4. The molecule has 18 nitrogen and oxygen atoms in total. The van der Waals surface area contributed by atoms with Gasteiger partial charge in [-0.3, -0.25) is 4.79 Å². The summed E-state index contributed by atoms with van der Waals surface area (Å²) >= 11 is 0. The molecule has 1 spiro atoms. The molecule has 4 fully saturated rings. The van der Waals surface area contributed by atoms with Crippen LogP contribution >= 0.6 is 0 Å². The van der Waals surface area contributed by atoms with E-state index in [9.17, 15) is 70.2 Å². The van der Waals surface area contributed by atoms with E-state index in [2.05, 4.69) is 0 Å². The highest BCUT2D eigenvalue weighted by Gasteiger charge is 2.93. The van der Waals surface area contributed by atoms with Crippen LogP contribution in [0, 0.1) is 28.6 Å². The lowest BCUT2D eigenvalue weighted by Gasteiger charge is -2.71. The lowest BCUT2D eigenvalue weighted by Crippen LogP contribution is -2.90. The molecule has 0 radical (unpaired) electrons. The molecule has 10 N–H and O–H groups in total. The predicted molar refractivity (Wildman–Crippen MR) is 146 cm³/mol. The number of ether oxygens (including phenoxy) is 4. The van der Waals surface area contributed by atoms with E-state index in [1.54, 1.807) is 0 Å². The van der Waals surface area contributed by atoms with Gasteiger partial charge >= 0.3 is 17.9 Å². The van der Waals surface area contributed by atoms with Gasteiger partial charge in [-0.2, -0.15) is 0 Å². The van der Waals surface area contributed by atoms with Crippen molar-refractivity contribution in [3.05, 3.63) is 11.6 Å². The molecule has 264 valence electrons. The van der Waals surface area contributed by atoms with Gasteiger partial charge in [-0.05, 0) is 13.0 Å². The van der Waals surface area contributed by atoms with Crippen molar-refractivity contribution in [2.45, 2.75) is 93.0 Å². The third-order valence-electron chi connectivity index (χ3n) is 11.4. The maximum absolute atomic E-state index is 13.7. The fraction of sp³-hybridized carbons (Fsp3) is 0.793. The number of hydrogen-bond donors (Lipinski definition) is 10. The third kappa shape index (κ3) is 4.11. The van der Waals surface area contributed by atoms with E-state index in [0.717, 1.165) is 13.2 Å². The molecule has 47 heavy (non-hydrogen) atoms. The summed E-state index contributed by atoms with van der Waals surface area (Å²) in [5.41, 5.74) is -10.7. The first-order chi connectivity index (χ1) is 21.8. The van der Waals surface area contributed by atoms with Crippen molar-refractivity contribution in [1.82, 2.24) is 0 Å². The molecule has 3 aliphatic carbocycles. The number of methoxy groups -OCH3 is 1. The molecule has 2 heterocycles. The Hall–Kier alpha value is -2.62. The summed E-state index contributed by atoms with van der Waals surface area (Å²) in [5, 5.41) is 110. The average molecular weight is 677 g/mol. The van der Waals surface area contributed by atoms with Crippen molar-refractivity contribution < 1.29 is 89.2 Å². The van der Waals surface area contributed by atoms with E-state index in [1.807, 2.05) is 0 Å². The molecule has 18 heteroatoms. The van der Waals surface area contributed by atoms with E-state index < -0.39 is 138 Å². The van der Waals surface area contributed by atoms with Crippen LogP contribution in [0.3, 0.4) is 0 Å². The second-order valence-electron chi connectivity index (χ2n) is 13.5. The first-order valence-electron chi connectivity index (χ1n) is 14.9. The molecule has 2 bridgehead atoms. The maximum atomic E-state index is 13.7. The molecule has 5 aliphatic rings. The fourth-order valence-electron chi connectivity index (χ4n) is 9.15. The zero-order valence-corrected chi connectivity index (χ0v) is 25.7. The van der Waals surface area contributed by atoms with Crippen LogP contribution in [-0.4, -0.2) is 167 Å². The van der Waals surface area contributed by atoms with Gasteiger partial charge in [0.05, 0.1) is 37.4 Å². The molecule has 7 unspecified atom stereocenters. The standard InChI is InChI=1S/C29H40O18/c1-8-5-10(31)19(38)26(3)11(8)13(33)21-27-7-45-28(25(42)44-4,20(39)17(37)18(26)27)29(27,43)22(24(41)46-21)47-23(40)16(36)15(35)14(34)12(32)9(2)6-30/h5,9,11-22,30,32-39,43H,6-7H2,1-4H3/t9?,11-,12?,13?,14?,15?,16?,17-,18-,19?,20+,21-,22+,26+,27+,28+,29+/m1/s1. The first kappa shape index (κ1) is 35.7. The zero-order chi connectivity index (χ0) is 35.3. The van der Waals surface area contributed by atoms with Gasteiger partial charge in [-0.1, -0.05) is 19.4 Å². The molecule has 5 rings (SSSR count). The van der Waals surface area contributed by atoms with Crippen LogP contribution in [0.1, 0.15) is 20.8 Å². The Labute approximate surface area is 266 Å². The Morgan fingerprint density at radius 2 is 1.66 bits per heavy atom. The van der Waals surface area contributed by atoms with Gasteiger partial charge < -0.3 is 70.0 Å². The van der Waals surface area contributed by atoms with E-state index in [0.29, 0.717) is 0 Å². The number of rotatable bonds is 8. The van der Waals surface area contributed by atoms with E-state index in [1.165, 1.54) is 20.8 Å². The van der Waals surface area contributed by atoms with Crippen LogP contribution in [0.2, 0.25) is 0 Å². The smallest absolute Gasteiger partial charge is 0.351 e. The fourth-order valence-corrected chi connectivity index (χ4v) is 9.15. The number of esters is 3. The number of aliphatic hydroxyl groups is 10. The van der Waals surface area contributed by atoms with Crippen molar-refractivity contribution in [2.75, 3.05) is 20.3 Å². The average Bonchev–Trinajstić information content (AvgIpc) is 3.25. The molecular weight excluding hydrogens is 636 g/mol. The molecule has 0 aromatic rings. The molecule has 0 amide bonds. The van der Waals surface area contributed by atoms with E-state index in [-0.39, 0.29) is 5.57 Å². The Morgan fingerprint density at radius 1 is 1.04 bits per heavy atom. The monoisotopic (exact) mass is 676 g/mol. The van der Waals surface area contributed by atoms with Gasteiger partial charge in [0.2, 0.25) is 11.7 Å². The Bertz CT molecular complexity index is 1370. The van der Waals surface area contributed by atoms with Crippen LogP contribution in [0.5, 0.6) is 0 Å². The number of ketones is 1. The summed E-state index contributed by atoms with van der Waals surface area (Å²) in [7, 11) is 0.810. The predicted octanol–water partition coefficient (Wildman–Crippen LogP) is -6.21. The van der Waals surface area contributed by atoms with Gasteiger partial charge in [0.1, 0.15) is 30.5 Å². The van der Waals surface area contributed by atoms with Gasteiger partial charge in [-0.15, -0.1) is 0 Å². The van der Waals surface area contributed by atoms with Gasteiger partial charge in [0, 0.05) is 29.8 Å². The molecule has 17 atom stereocenters. The SMILES string of the molecule is COC(=O)[C@]12OC[C@]34[C@H](OC(=O)[C@H](OC(=O)C(O)C(O)C(O)C(O)C(C)CO)[C@]31O)C(O)[C@H]1C(C)=CC(=O)C(O)[C@]1(C)[C@H]4[C@@H](O)[C@@H]2O. The molecular formula is C29H40O18. The summed E-state index contributed by atoms with van der Waals surface area (Å²) in [5.74, 6) is -10.0. The summed E-state index contributed by atoms with van der Waals surface area (Å²) < 4.78 is 21.3. The minimum absolute atomic E-state index is 0.192. The molecule has 0 aromatic carbocycles. The number of hydrogen-bond acceptors (Lipinski definition) is 18. The second-order valence-corrected chi connectivity index (χ2v) is 13.5. The normalized spacial score (nSPS) is 46.9. The Balaban J connectivity index is 1.68. The lowest BCUT2D eigenvalue weighted by atomic mass is 9.36. The van der Waals surface area contributed by atoms with Crippen LogP contribution in [0.4, 0.5) is 0 Å². The highest BCUT2D eigenvalue weighted by molar-refractivity contribution is 5.96. The van der Waals surface area contributed by atoms with Crippen LogP contribution < -0.4 is 0 Å². The Kier molecular flexibility index (Phi) is 8.72. The molecule has 0 aromatic heterocycles. The van der Waals surface area contributed by atoms with Crippen molar-refractivity contribution in [1.29, 1.82) is 0 Å². The molecule has 2 saturated carbocycles. The van der Waals surface area contributed by atoms with Gasteiger partial charge in [0.15, 0.2) is 17.5 Å². The van der Waals surface area contributed by atoms with Crippen LogP contribution in [0.25, 0.3) is 0 Å². The minimum atomic E-state index is -3.34. The van der Waals surface area contributed by atoms with Crippen LogP contribution in [0.15, 0.2) is 11.6 Å². The largest absolute Gasteiger partial charge is 0.467 e. The van der Waals surface area contributed by atoms with Crippen molar-refractivity contribution >= 4 is 23.7 Å².